The lowest BCUT2D eigenvalue weighted by Crippen LogP contribution is -2.29. The second kappa shape index (κ2) is 8.27. The molecule has 0 bridgehead atoms. The van der Waals surface area contributed by atoms with Gasteiger partial charge in [-0.15, -0.1) is 24.8 Å². The Balaban J connectivity index is 0.00000121. The molecule has 0 unspecified atom stereocenters. The van der Waals surface area contributed by atoms with Crippen molar-refractivity contribution < 1.29 is 4.79 Å². The average Bonchev–Trinajstić information content (AvgIpc) is 2.96. The third-order valence-corrected chi connectivity index (χ3v) is 4.10. The van der Waals surface area contributed by atoms with E-state index in [9.17, 15) is 4.79 Å². The van der Waals surface area contributed by atoms with Crippen LogP contribution in [0.25, 0.3) is 10.9 Å². The molecule has 5 nitrogen and oxygen atoms in total. The predicted molar refractivity (Wildman–Crippen MR) is 92.5 cm³/mol. The Kier molecular flexibility index (Phi) is 7.00. The van der Waals surface area contributed by atoms with Gasteiger partial charge in [0.25, 0.3) is 0 Å². The van der Waals surface area contributed by atoms with Crippen LogP contribution in [0.4, 0.5) is 5.69 Å². The number of pyridine rings is 2. The molecule has 1 saturated carbocycles. The Morgan fingerprint density at radius 2 is 2.09 bits per heavy atom. The minimum absolute atomic E-state index is 0. The lowest BCUT2D eigenvalue weighted by molar-refractivity contribution is -0.120. The molecule has 0 spiro atoms. The van der Waals surface area contributed by atoms with Gasteiger partial charge in [-0.1, -0.05) is 6.42 Å². The zero-order valence-corrected chi connectivity index (χ0v) is 13.7. The lowest BCUT2D eigenvalue weighted by Gasteiger charge is -2.17. The first-order valence-electron chi connectivity index (χ1n) is 6.99. The molecule has 0 aromatic carbocycles. The summed E-state index contributed by atoms with van der Waals surface area (Å²) < 4.78 is 0. The first-order valence-corrected chi connectivity index (χ1v) is 6.99. The molecule has 3 N–H and O–H groups in total. The van der Waals surface area contributed by atoms with Crippen molar-refractivity contribution in [3.8, 4) is 0 Å². The highest BCUT2D eigenvalue weighted by Crippen LogP contribution is 2.32. The zero-order valence-electron chi connectivity index (χ0n) is 12.1. The Morgan fingerprint density at radius 3 is 2.86 bits per heavy atom. The Hall–Kier alpha value is -1.43. The van der Waals surface area contributed by atoms with E-state index in [2.05, 4.69) is 15.3 Å². The number of hydrogen-bond donors (Lipinski definition) is 2. The summed E-state index contributed by atoms with van der Waals surface area (Å²) in [6.45, 7) is 0.580. The van der Waals surface area contributed by atoms with Gasteiger partial charge in [0.2, 0.25) is 5.91 Å². The number of rotatable bonds is 3. The van der Waals surface area contributed by atoms with Crippen molar-refractivity contribution in [1.29, 1.82) is 0 Å². The molecule has 1 fully saturated rings. The maximum Gasteiger partial charge on any atom is 0.227 e. The summed E-state index contributed by atoms with van der Waals surface area (Å²) in [6, 6.07) is 3.65. The molecule has 0 saturated heterocycles. The fourth-order valence-corrected chi connectivity index (χ4v) is 2.99. The van der Waals surface area contributed by atoms with E-state index in [1.165, 1.54) is 0 Å². The third kappa shape index (κ3) is 3.66. The highest BCUT2D eigenvalue weighted by atomic mass is 35.5. The van der Waals surface area contributed by atoms with Crippen LogP contribution in [0.5, 0.6) is 0 Å². The van der Waals surface area contributed by atoms with E-state index in [1.807, 2.05) is 12.1 Å². The van der Waals surface area contributed by atoms with E-state index in [0.717, 1.165) is 35.9 Å². The van der Waals surface area contributed by atoms with Crippen LogP contribution in [0.3, 0.4) is 0 Å². The van der Waals surface area contributed by atoms with E-state index >= 15 is 0 Å². The van der Waals surface area contributed by atoms with Gasteiger partial charge < -0.3 is 11.1 Å². The zero-order chi connectivity index (χ0) is 13.9. The smallest absolute Gasteiger partial charge is 0.227 e. The number of nitrogens with one attached hydrogen (secondary N) is 1. The van der Waals surface area contributed by atoms with Gasteiger partial charge in [0.15, 0.2) is 0 Å². The van der Waals surface area contributed by atoms with Crippen molar-refractivity contribution in [3.63, 3.8) is 0 Å². The summed E-state index contributed by atoms with van der Waals surface area (Å²) >= 11 is 0. The van der Waals surface area contributed by atoms with E-state index in [4.69, 9.17) is 5.73 Å². The summed E-state index contributed by atoms with van der Waals surface area (Å²) in [5.74, 6) is 0.399. The van der Waals surface area contributed by atoms with Crippen LogP contribution in [-0.4, -0.2) is 22.4 Å². The molecule has 2 heterocycles. The number of fused-ring (bicyclic) bond motifs is 1. The summed E-state index contributed by atoms with van der Waals surface area (Å²) in [4.78, 5) is 20.8. The van der Waals surface area contributed by atoms with Gasteiger partial charge in [-0.25, -0.2) is 0 Å². The minimum Gasteiger partial charge on any atom is -0.330 e. The van der Waals surface area contributed by atoms with Crippen molar-refractivity contribution in [1.82, 2.24) is 9.97 Å². The van der Waals surface area contributed by atoms with Crippen LogP contribution in [0, 0.1) is 11.8 Å². The number of aromatic nitrogens is 2. The number of amides is 1. The van der Waals surface area contributed by atoms with Gasteiger partial charge in [0.05, 0.1) is 11.2 Å². The number of nitrogens with two attached hydrogens (primary N) is 1. The Morgan fingerprint density at radius 1 is 1.27 bits per heavy atom. The molecule has 2 aromatic heterocycles. The van der Waals surface area contributed by atoms with Crippen molar-refractivity contribution in [2.24, 2.45) is 17.6 Å². The second-order valence-electron chi connectivity index (χ2n) is 5.27. The predicted octanol–water partition coefficient (Wildman–Crippen LogP) is 2.79. The number of nitrogens with zero attached hydrogens (tertiary/aromatic N) is 2. The highest BCUT2D eigenvalue weighted by Gasteiger charge is 2.32. The van der Waals surface area contributed by atoms with Gasteiger partial charge in [0, 0.05) is 29.9 Å². The van der Waals surface area contributed by atoms with Crippen molar-refractivity contribution in [3.05, 3.63) is 30.7 Å². The molecule has 22 heavy (non-hydrogen) atoms. The van der Waals surface area contributed by atoms with Crippen LogP contribution >= 0.6 is 24.8 Å². The molecule has 1 aliphatic carbocycles. The quantitative estimate of drug-likeness (QED) is 0.898. The number of carbonyl (C=O) groups is 1. The number of anilines is 1. The molecule has 1 aliphatic rings. The number of halogens is 2. The average molecular weight is 343 g/mol. The van der Waals surface area contributed by atoms with Gasteiger partial charge >= 0.3 is 0 Å². The maximum atomic E-state index is 12.4. The van der Waals surface area contributed by atoms with E-state index < -0.39 is 0 Å². The molecule has 0 aliphatic heterocycles. The van der Waals surface area contributed by atoms with Crippen molar-refractivity contribution >= 4 is 47.3 Å². The monoisotopic (exact) mass is 342 g/mol. The largest absolute Gasteiger partial charge is 0.330 e. The van der Waals surface area contributed by atoms with Crippen LogP contribution in [0.15, 0.2) is 30.7 Å². The number of hydrogen-bond acceptors (Lipinski definition) is 4. The second-order valence-corrected chi connectivity index (χ2v) is 5.27. The first-order chi connectivity index (χ1) is 9.79. The summed E-state index contributed by atoms with van der Waals surface area (Å²) in [7, 11) is 0. The molecule has 1 amide bonds. The fourth-order valence-electron chi connectivity index (χ4n) is 2.99. The van der Waals surface area contributed by atoms with Gasteiger partial charge in [-0.05, 0) is 37.4 Å². The van der Waals surface area contributed by atoms with Crippen LogP contribution in [0.1, 0.15) is 19.3 Å². The molecular weight excluding hydrogens is 323 g/mol. The topological polar surface area (TPSA) is 80.9 Å². The Bertz CT molecular complexity index is 632. The molecule has 2 atom stereocenters. The van der Waals surface area contributed by atoms with Gasteiger partial charge in [0.1, 0.15) is 0 Å². The van der Waals surface area contributed by atoms with E-state index in [0.29, 0.717) is 12.5 Å². The molecule has 2 aromatic rings. The van der Waals surface area contributed by atoms with Crippen LogP contribution in [-0.2, 0) is 4.79 Å². The standard InChI is InChI=1S/C15H18N4O.2ClH/c16-8-10-2-1-3-11(10)15(20)19-14-5-7-18-13-4-6-17-9-12(13)14;;/h4-7,9-11H,1-3,8,16H2,(H,18,19,20);2*1H/t10-,11-;;/m1../s1. The van der Waals surface area contributed by atoms with Gasteiger partial charge in [-0.3, -0.25) is 14.8 Å². The van der Waals surface area contributed by atoms with Crippen LogP contribution < -0.4 is 11.1 Å². The summed E-state index contributed by atoms with van der Waals surface area (Å²) in [6.07, 6.45) is 8.18. The molecular formula is C15H20Cl2N4O. The molecule has 120 valence electrons. The maximum absolute atomic E-state index is 12.4. The van der Waals surface area contributed by atoms with E-state index in [-0.39, 0.29) is 36.6 Å². The van der Waals surface area contributed by atoms with Gasteiger partial charge in [-0.2, -0.15) is 0 Å². The summed E-state index contributed by atoms with van der Waals surface area (Å²) in [5, 5.41) is 3.88. The fraction of sp³-hybridized carbons (Fsp3) is 0.400. The first kappa shape index (κ1) is 18.6. The molecule has 7 heteroatoms. The van der Waals surface area contributed by atoms with Crippen LogP contribution in [0.2, 0.25) is 0 Å². The van der Waals surface area contributed by atoms with Crippen molar-refractivity contribution in [2.45, 2.75) is 19.3 Å². The number of carbonyl (C=O) groups excluding carboxylic acids is 1. The molecule has 3 rings (SSSR count). The van der Waals surface area contributed by atoms with E-state index in [1.54, 1.807) is 18.6 Å². The molecule has 0 radical (unpaired) electrons. The third-order valence-electron chi connectivity index (χ3n) is 4.10. The Labute approximate surface area is 141 Å². The lowest BCUT2D eigenvalue weighted by atomic mass is 9.95. The summed E-state index contributed by atoms with van der Waals surface area (Å²) in [5.41, 5.74) is 7.35. The van der Waals surface area contributed by atoms with Crippen molar-refractivity contribution in [2.75, 3.05) is 11.9 Å². The minimum atomic E-state index is 0. The highest BCUT2D eigenvalue weighted by molar-refractivity contribution is 6.01. The normalized spacial score (nSPS) is 20.0. The SMILES string of the molecule is Cl.Cl.NC[C@H]1CCC[C@H]1C(=O)Nc1ccnc2ccncc12.